The standard InChI is InChI=1S/C12H25NOS/c1-11(2)13-7-3-4-9-15-10-12-6-5-8-14-12/h11-13H,3-10H2,1-2H3. The van der Waals surface area contributed by atoms with Crippen molar-refractivity contribution in [3.63, 3.8) is 0 Å². The van der Waals surface area contributed by atoms with Crippen molar-refractivity contribution in [1.82, 2.24) is 5.32 Å². The van der Waals surface area contributed by atoms with Gasteiger partial charge in [0, 0.05) is 18.4 Å². The zero-order valence-corrected chi connectivity index (χ0v) is 10.9. The Morgan fingerprint density at radius 3 is 2.93 bits per heavy atom. The van der Waals surface area contributed by atoms with Gasteiger partial charge in [0.15, 0.2) is 0 Å². The number of hydrogen-bond acceptors (Lipinski definition) is 3. The van der Waals surface area contributed by atoms with Crippen LogP contribution in [0.5, 0.6) is 0 Å². The quantitative estimate of drug-likeness (QED) is 0.649. The fourth-order valence-electron chi connectivity index (χ4n) is 1.71. The lowest BCUT2D eigenvalue weighted by Crippen LogP contribution is -2.23. The third-order valence-corrected chi connectivity index (χ3v) is 3.78. The number of thioether (sulfide) groups is 1. The lowest BCUT2D eigenvalue weighted by molar-refractivity contribution is 0.129. The van der Waals surface area contributed by atoms with Gasteiger partial charge in [0.1, 0.15) is 0 Å². The number of rotatable bonds is 8. The van der Waals surface area contributed by atoms with Crippen LogP contribution in [-0.2, 0) is 4.74 Å². The van der Waals surface area contributed by atoms with Crippen molar-refractivity contribution in [2.75, 3.05) is 24.7 Å². The average molecular weight is 231 g/mol. The first-order valence-electron chi connectivity index (χ1n) is 6.22. The Labute approximate surface area is 98.5 Å². The Morgan fingerprint density at radius 1 is 1.40 bits per heavy atom. The molecule has 0 aromatic carbocycles. The normalized spacial score (nSPS) is 21.4. The summed E-state index contributed by atoms with van der Waals surface area (Å²) in [7, 11) is 0. The Balaban J connectivity index is 1.76. The van der Waals surface area contributed by atoms with Gasteiger partial charge in [0.25, 0.3) is 0 Å². The second-order valence-corrected chi connectivity index (χ2v) is 5.68. The zero-order chi connectivity index (χ0) is 10.9. The van der Waals surface area contributed by atoms with Crippen molar-refractivity contribution < 1.29 is 4.74 Å². The first-order chi connectivity index (χ1) is 7.29. The molecule has 0 aromatic heterocycles. The van der Waals surface area contributed by atoms with E-state index < -0.39 is 0 Å². The molecule has 0 bridgehead atoms. The predicted molar refractivity (Wildman–Crippen MR) is 68.7 cm³/mol. The molecule has 0 aromatic rings. The summed E-state index contributed by atoms with van der Waals surface area (Å²) in [6.45, 7) is 6.56. The minimum atomic E-state index is 0.559. The van der Waals surface area contributed by atoms with Crippen LogP contribution < -0.4 is 5.32 Å². The molecule has 1 rings (SSSR count). The highest BCUT2D eigenvalue weighted by Crippen LogP contribution is 2.17. The highest BCUT2D eigenvalue weighted by molar-refractivity contribution is 7.99. The molecule has 1 atom stereocenters. The zero-order valence-electron chi connectivity index (χ0n) is 10.1. The number of ether oxygens (including phenoxy) is 1. The van der Waals surface area contributed by atoms with Crippen LogP contribution in [-0.4, -0.2) is 36.8 Å². The molecule has 0 saturated carbocycles. The molecule has 0 spiro atoms. The average Bonchev–Trinajstić information content (AvgIpc) is 2.68. The second kappa shape index (κ2) is 8.43. The fraction of sp³-hybridized carbons (Fsp3) is 1.00. The molecule has 15 heavy (non-hydrogen) atoms. The van der Waals surface area contributed by atoms with Crippen molar-refractivity contribution >= 4 is 11.8 Å². The molecule has 0 amide bonds. The van der Waals surface area contributed by atoms with Crippen LogP contribution in [0, 0.1) is 0 Å². The Kier molecular flexibility index (Phi) is 7.49. The molecule has 1 fully saturated rings. The van der Waals surface area contributed by atoms with E-state index in [9.17, 15) is 0 Å². The molecule has 1 saturated heterocycles. The largest absolute Gasteiger partial charge is 0.377 e. The van der Waals surface area contributed by atoms with E-state index in [-0.39, 0.29) is 0 Å². The molecular weight excluding hydrogens is 206 g/mol. The van der Waals surface area contributed by atoms with Gasteiger partial charge in [-0.25, -0.2) is 0 Å². The number of unbranched alkanes of at least 4 members (excludes halogenated alkanes) is 1. The van der Waals surface area contributed by atoms with E-state index >= 15 is 0 Å². The van der Waals surface area contributed by atoms with E-state index in [4.69, 9.17) is 4.74 Å². The van der Waals surface area contributed by atoms with Gasteiger partial charge in [-0.2, -0.15) is 11.8 Å². The van der Waals surface area contributed by atoms with E-state index in [2.05, 4.69) is 30.9 Å². The third-order valence-electron chi connectivity index (χ3n) is 2.60. The van der Waals surface area contributed by atoms with Crippen LogP contribution >= 0.6 is 11.8 Å². The van der Waals surface area contributed by atoms with Crippen molar-refractivity contribution in [1.29, 1.82) is 0 Å². The molecular formula is C12H25NOS. The lowest BCUT2D eigenvalue weighted by Gasteiger charge is -2.09. The van der Waals surface area contributed by atoms with Crippen LogP contribution in [0.15, 0.2) is 0 Å². The summed E-state index contributed by atoms with van der Waals surface area (Å²) in [5, 5.41) is 3.44. The van der Waals surface area contributed by atoms with Crippen LogP contribution in [0.2, 0.25) is 0 Å². The summed E-state index contributed by atoms with van der Waals surface area (Å²) in [4.78, 5) is 0. The highest BCUT2D eigenvalue weighted by atomic mass is 32.2. The van der Waals surface area contributed by atoms with Gasteiger partial charge in [0.2, 0.25) is 0 Å². The van der Waals surface area contributed by atoms with Gasteiger partial charge in [-0.3, -0.25) is 0 Å². The number of nitrogens with one attached hydrogen (secondary N) is 1. The van der Waals surface area contributed by atoms with Crippen LogP contribution in [0.25, 0.3) is 0 Å². The maximum Gasteiger partial charge on any atom is 0.0666 e. The Hall–Kier alpha value is 0.270. The van der Waals surface area contributed by atoms with Crippen molar-refractivity contribution in [2.24, 2.45) is 0 Å². The first kappa shape index (κ1) is 13.3. The van der Waals surface area contributed by atoms with Crippen LogP contribution in [0.3, 0.4) is 0 Å². The van der Waals surface area contributed by atoms with E-state index in [0.717, 1.165) is 13.2 Å². The Bertz CT molecular complexity index is 147. The maximum atomic E-state index is 5.58. The second-order valence-electron chi connectivity index (χ2n) is 4.53. The molecule has 1 heterocycles. The molecule has 1 aliphatic heterocycles. The van der Waals surface area contributed by atoms with Gasteiger partial charge in [0.05, 0.1) is 6.10 Å². The SMILES string of the molecule is CC(C)NCCCCSCC1CCCO1. The summed E-state index contributed by atoms with van der Waals surface area (Å²) < 4.78 is 5.58. The van der Waals surface area contributed by atoms with Crippen LogP contribution in [0.4, 0.5) is 0 Å². The van der Waals surface area contributed by atoms with Gasteiger partial charge in [-0.05, 0) is 38.0 Å². The van der Waals surface area contributed by atoms with Crippen LogP contribution in [0.1, 0.15) is 39.5 Å². The van der Waals surface area contributed by atoms with Crippen molar-refractivity contribution in [2.45, 2.75) is 51.7 Å². The molecule has 1 aliphatic rings. The summed E-state index contributed by atoms with van der Waals surface area (Å²) in [6, 6.07) is 0.629. The number of hydrogen-bond donors (Lipinski definition) is 1. The predicted octanol–water partition coefficient (Wildman–Crippen LogP) is 2.68. The Morgan fingerprint density at radius 2 is 2.27 bits per heavy atom. The van der Waals surface area contributed by atoms with Gasteiger partial charge in [-0.1, -0.05) is 13.8 Å². The first-order valence-corrected chi connectivity index (χ1v) is 7.37. The maximum absolute atomic E-state index is 5.58. The topological polar surface area (TPSA) is 21.3 Å². The third kappa shape index (κ3) is 7.20. The molecule has 3 heteroatoms. The molecule has 2 nitrogen and oxygen atoms in total. The minimum absolute atomic E-state index is 0.559. The summed E-state index contributed by atoms with van der Waals surface area (Å²) in [5.41, 5.74) is 0. The molecule has 1 N–H and O–H groups in total. The minimum Gasteiger partial charge on any atom is -0.377 e. The lowest BCUT2D eigenvalue weighted by atomic mass is 10.3. The van der Waals surface area contributed by atoms with Gasteiger partial charge in [-0.15, -0.1) is 0 Å². The molecule has 1 unspecified atom stereocenters. The summed E-state index contributed by atoms with van der Waals surface area (Å²) >= 11 is 2.06. The van der Waals surface area contributed by atoms with Gasteiger partial charge >= 0.3 is 0 Å². The summed E-state index contributed by atoms with van der Waals surface area (Å²) in [6.07, 6.45) is 5.74. The van der Waals surface area contributed by atoms with Crippen molar-refractivity contribution in [3.8, 4) is 0 Å². The van der Waals surface area contributed by atoms with E-state index in [1.54, 1.807) is 0 Å². The van der Waals surface area contributed by atoms with E-state index in [1.165, 1.54) is 37.2 Å². The smallest absolute Gasteiger partial charge is 0.0666 e. The highest BCUT2D eigenvalue weighted by Gasteiger charge is 2.14. The fourth-order valence-corrected chi connectivity index (χ4v) is 2.81. The van der Waals surface area contributed by atoms with E-state index in [1.807, 2.05) is 0 Å². The van der Waals surface area contributed by atoms with E-state index in [0.29, 0.717) is 12.1 Å². The summed E-state index contributed by atoms with van der Waals surface area (Å²) in [5.74, 6) is 2.50. The van der Waals surface area contributed by atoms with Gasteiger partial charge < -0.3 is 10.1 Å². The van der Waals surface area contributed by atoms with Crippen molar-refractivity contribution in [3.05, 3.63) is 0 Å². The molecule has 0 radical (unpaired) electrons. The molecule has 90 valence electrons. The molecule has 0 aliphatic carbocycles. The monoisotopic (exact) mass is 231 g/mol.